The number of aromatic nitrogens is 3. The number of ether oxygens (including phenoxy) is 3. The first-order valence-electron chi connectivity index (χ1n) is 38.0. The van der Waals surface area contributed by atoms with Crippen LogP contribution < -0.4 is 40.8 Å². The molecule has 7 heterocycles. The number of amides is 9. The highest BCUT2D eigenvalue weighted by Gasteiger charge is 2.50. The number of β-amino-alcohol motifs (C(OH)–C–C–N with tert-alkyl or cyclic N) is 1. The van der Waals surface area contributed by atoms with E-state index in [-0.39, 0.29) is 100 Å². The number of nitrogens with one attached hydrogen (secondary N) is 5. The molecule has 25 nitrogen and oxygen atoms in total. The molecule has 4 aliphatic heterocycles. The van der Waals surface area contributed by atoms with Gasteiger partial charge in [-0.15, -0.1) is 34.0 Å². The summed E-state index contributed by atoms with van der Waals surface area (Å²) in [5.74, 6) is -4.06. The largest absolute Gasteiger partial charge is 0.493 e. The molecule has 0 bridgehead atoms. The number of nitrogens with zero attached hydrogens (tertiary/aromatic N) is 7. The van der Waals surface area contributed by atoms with Crippen molar-refractivity contribution in [3.8, 4) is 48.6 Å². The molecule has 8 aromatic rings. The maximum atomic E-state index is 15.7. The lowest BCUT2D eigenvalue weighted by atomic mass is 9.85. The van der Waals surface area contributed by atoms with Crippen molar-refractivity contribution in [1.82, 2.24) is 61.1 Å². The summed E-state index contributed by atoms with van der Waals surface area (Å²) in [6, 6.07) is 25.6. The van der Waals surface area contributed by atoms with Crippen LogP contribution in [0.2, 0.25) is 5.02 Å². The van der Waals surface area contributed by atoms with E-state index >= 15 is 9.59 Å². The lowest BCUT2D eigenvalue weighted by molar-refractivity contribution is -0.144. The lowest BCUT2D eigenvalue weighted by Crippen LogP contribution is -2.57. The fraction of sp³-hybridized carbons (Fsp3) is 0.429. The average molecular weight is 1610 g/mol. The van der Waals surface area contributed by atoms with Gasteiger partial charge in [-0.2, -0.15) is 0 Å². The second-order valence-corrected chi connectivity index (χ2v) is 34.2. The number of carbonyl (C=O) groups excluding carboxylic acids is 9. The van der Waals surface area contributed by atoms with Crippen LogP contribution in [0.5, 0.6) is 17.2 Å². The third kappa shape index (κ3) is 19.1. The van der Waals surface area contributed by atoms with Crippen LogP contribution in [0.3, 0.4) is 0 Å². The van der Waals surface area contributed by atoms with Gasteiger partial charge in [0, 0.05) is 76.5 Å². The van der Waals surface area contributed by atoms with E-state index < -0.39 is 119 Å². The topological polar surface area (TPSA) is 313 Å². The Morgan fingerprint density at radius 3 is 1.48 bits per heavy atom. The predicted octanol–water partition coefficient (Wildman–Crippen LogP) is 10.6. The van der Waals surface area contributed by atoms with E-state index in [1.807, 2.05) is 142 Å². The first-order valence-corrected chi connectivity index (χ1v) is 41.0. The smallest absolute Gasteiger partial charge is 0.255 e. The summed E-state index contributed by atoms with van der Waals surface area (Å²) in [7, 11) is 1.48. The van der Waals surface area contributed by atoms with Gasteiger partial charge in [-0.3, -0.25) is 43.2 Å². The number of likely N-dealkylation sites (tertiary alicyclic amines) is 3. The molecule has 3 fully saturated rings. The third-order valence-corrected chi connectivity index (χ3v) is 24.5. The molecule has 9 amide bonds. The van der Waals surface area contributed by atoms with Crippen molar-refractivity contribution in [3.63, 3.8) is 0 Å². The fourth-order valence-electron chi connectivity index (χ4n) is 15.2. The number of thiazole rings is 3. The van der Waals surface area contributed by atoms with E-state index in [1.165, 1.54) is 45.0 Å². The molecule has 12 rings (SSSR count). The Hall–Kier alpha value is -10.1. The van der Waals surface area contributed by atoms with Gasteiger partial charge in [-0.1, -0.05) is 139 Å². The van der Waals surface area contributed by atoms with E-state index in [0.29, 0.717) is 22.6 Å². The lowest BCUT2D eigenvalue weighted by Gasteiger charge is -2.35. The molecule has 0 spiro atoms. The molecule has 29 heteroatoms. The molecule has 0 unspecified atom stereocenters. The second kappa shape index (κ2) is 35.5. The molecule has 4 aliphatic rings. The van der Waals surface area contributed by atoms with Crippen LogP contribution in [0.15, 0.2) is 120 Å². The summed E-state index contributed by atoms with van der Waals surface area (Å²) in [6.07, 6.45) is -2.15. The standard InChI is InChI=1S/C84H97ClN12O13S3/c1-45(2)71(92-50(8)98)81(105)95-39-60(33-66(95)78(102)87-36-53-15-23-56(24-16-53)74-48(6)90-43-112-74)109-59-31-62-63(64(85)32-59)41-97(80(62)104)72(46(3)4)82(106)96-40-61(34-67(96)79(103)88-37-54-17-25-57(26-18-54)75-49(7)91-44-113-75)110-68-27-19-51(29-69(68)108-12)20-28-70(100)93-76(84(9,10)11)83(107)94-38-58(99)30-65(94)77(101)86-35-52-13-21-55(22-14-52)73-47(5)89-42-111-73/h13-19,21-27,29,31-32,42-46,58,60-61,65-67,71-72,76,99H,20,28,30,33-41H2,1-12H3,(H,86,101)(H,87,102)(H,88,103)(H,92,98)(H,93,100)/t58-,60-,61-,65+,66+,67+,71+,72+,76-/m1/s1. The van der Waals surface area contributed by atoms with E-state index in [1.54, 1.807) is 69.5 Å². The fourth-order valence-corrected chi connectivity index (χ4v) is 17.9. The van der Waals surface area contributed by atoms with Gasteiger partial charge in [-0.25, -0.2) is 15.0 Å². The molecule has 0 aliphatic carbocycles. The van der Waals surface area contributed by atoms with Crippen molar-refractivity contribution in [2.24, 2.45) is 17.3 Å². The van der Waals surface area contributed by atoms with Crippen LogP contribution >= 0.6 is 45.6 Å². The zero-order chi connectivity index (χ0) is 80.9. The summed E-state index contributed by atoms with van der Waals surface area (Å²) >= 11 is 11.8. The van der Waals surface area contributed by atoms with Crippen molar-refractivity contribution in [2.45, 2.75) is 189 Å². The normalized spacial score (nSPS) is 18.9. The van der Waals surface area contributed by atoms with Gasteiger partial charge in [0.2, 0.25) is 47.3 Å². The van der Waals surface area contributed by atoms with Crippen LogP contribution in [0.1, 0.15) is 136 Å². The number of aliphatic hydroxyl groups excluding tert-OH is 1. The molecular formula is C84H97ClN12O13S3. The number of benzene rings is 5. The van der Waals surface area contributed by atoms with Crippen molar-refractivity contribution in [2.75, 3.05) is 26.7 Å². The Labute approximate surface area is 674 Å². The molecule has 113 heavy (non-hydrogen) atoms. The van der Waals surface area contributed by atoms with Gasteiger partial charge in [0.05, 0.1) is 79.6 Å². The summed E-state index contributed by atoms with van der Waals surface area (Å²) in [5, 5.41) is 25.8. The van der Waals surface area contributed by atoms with E-state index in [4.69, 9.17) is 25.8 Å². The molecule has 3 aromatic heterocycles. The summed E-state index contributed by atoms with van der Waals surface area (Å²) in [4.78, 5) is 151. The first kappa shape index (κ1) is 82.3. The molecule has 5 aromatic carbocycles. The van der Waals surface area contributed by atoms with Gasteiger partial charge in [0.25, 0.3) is 5.91 Å². The van der Waals surface area contributed by atoms with Crippen molar-refractivity contribution < 1.29 is 62.5 Å². The van der Waals surface area contributed by atoms with E-state index in [0.717, 1.165) is 65.1 Å². The number of aliphatic hydroxyl groups is 1. The minimum atomic E-state index is -1.11. The monoisotopic (exact) mass is 1610 g/mol. The average Bonchev–Trinajstić information content (AvgIpc) is 1.61. The van der Waals surface area contributed by atoms with Crippen LogP contribution in [-0.4, -0.2) is 174 Å². The first-order chi connectivity index (χ1) is 53.9. The number of methoxy groups -OCH3 is 1. The van der Waals surface area contributed by atoms with Gasteiger partial charge >= 0.3 is 0 Å². The molecule has 6 N–H and O–H groups in total. The van der Waals surface area contributed by atoms with Gasteiger partial charge < -0.3 is 65.5 Å². The second-order valence-electron chi connectivity index (χ2n) is 31.2. The van der Waals surface area contributed by atoms with Crippen molar-refractivity contribution in [1.29, 1.82) is 0 Å². The SMILES string of the molecule is COc1cc(CCC(=O)N[C@H](C(=O)N2C[C@H](O)C[C@H]2C(=O)NCc2ccc(-c3scnc3C)cc2)C(C)(C)C)ccc1O[C@@H]1C[C@@H](C(=O)NCc2ccc(-c3scnc3C)cc2)N(C(=O)[C@H](C(C)C)N2Cc3c(Cl)cc(O[C@@H]4C[C@@H](C(=O)NCc5ccc(-c6scnc6C)cc5)N(C(=O)[C@@H](NC(C)=O)C(C)C)C4)cc3C2=O)C1. The Morgan fingerprint density at radius 1 is 0.575 bits per heavy atom. The highest BCUT2D eigenvalue weighted by atomic mass is 35.5. The summed E-state index contributed by atoms with van der Waals surface area (Å²) in [6.45, 7) is 20.2. The third-order valence-electron chi connectivity index (χ3n) is 21.2. The molecule has 0 radical (unpaired) electrons. The molecule has 3 saturated heterocycles. The van der Waals surface area contributed by atoms with E-state index in [9.17, 15) is 38.7 Å². The number of hydrogen-bond donors (Lipinski definition) is 6. The van der Waals surface area contributed by atoms with E-state index in [2.05, 4.69) is 41.5 Å². The number of rotatable bonds is 28. The molecular weight excluding hydrogens is 1520 g/mol. The Bertz CT molecular complexity index is 4850. The number of carbonyl (C=O) groups is 9. The molecule has 0 saturated carbocycles. The maximum absolute atomic E-state index is 15.7. The van der Waals surface area contributed by atoms with Crippen LogP contribution in [0, 0.1) is 38.0 Å². The number of aryl methyl sites for hydroxylation is 4. The maximum Gasteiger partial charge on any atom is 0.255 e. The molecule has 9 atom stereocenters. The van der Waals surface area contributed by atoms with Crippen LogP contribution in [0.25, 0.3) is 31.3 Å². The van der Waals surface area contributed by atoms with Crippen LogP contribution in [-0.2, 0) is 71.0 Å². The Kier molecular flexibility index (Phi) is 25.9. The minimum Gasteiger partial charge on any atom is -0.493 e. The van der Waals surface area contributed by atoms with Crippen molar-refractivity contribution >= 4 is 98.8 Å². The predicted molar refractivity (Wildman–Crippen MR) is 433 cm³/mol. The zero-order valence-corrected chi connectivity index (χ0v) is 68.7. The Balaban J connectivity index is 0.718. The minimum absolute atomic E-state index is 0.0358. The van der Waals surface area contributed by atoms with Gasteiger partial charge in [-0.05, 0) is 108 Å². The van der Waals surface area contributed by atoms with Crippen molar-refractivity contribution in [3.05, 3.63) is 175 Å². The zero-order valence-electron chi connectivity index (χ0n) is 65.5. The number of halogens is 1. The quantitative estimate of drug-likeness (QED) is 0.0265. The highest BCUT2D eigenvalue weighted by Crippen LogP contribution is 2.40. The highest BCUT2D eigenvalue weighted by molar-refractivity contribution is 7.14. The summed E-state index contributed by atoms with van der Waals surface area (Å²) in [5.41, 5.74) is 14.2. The van der Waals surface area contributed by atoms with Gasteiger partial charge in [0.15, 0.2) is 11.5 Å². The van der Waals surface area contributed by atoms with Crippen LogP contribution in [0.4, 0.5) is 0 Å². The number of fused-ring (bicyclic) bond motifs is 1. The summed E-state index contributed by atoms with van der Waals surface area (Å²) < 4.78 is 19.2. The number of hydrogen-bond acceptors (Lipinski definition) is 19. The van der Waals surface area contributed by atoms with Gasteiger partial charge in [0.1, 0.15) is 54.2 Å². The Morgan fingerprint density at radius 2 is 1.04 bits per heavy atom. The molecule has 596 valence electrons.